The van der Waals surface area contributed by atoms with Crippen LogP contribution >= 0.6 is 11.8 Å². The monoisotopic (exact) mass is 267 g/mol. The Morgan fingerprint density at radius 1 is 1.33 bits per heavy atom. The topological polar surface area (TPSA) is 52.5 Å². The van der Waals surface area contributed by atoms with Crippen molar-refractivity contribution in [2.24, 2.45) is 0 Å². The van der Waals surface area contributed by atoms with Crippen molar-refractivity contribution in [2.75, 3.05) is 18.1 Å². The summed E-state index contributed by atoms with van der Waals surface area (Å²) in [5.74, 6) is 2.39. The molecule has 0 unspecified atom stereocenters. The second-order valence-electron chi connectivity index (χ2n) is 5.07. The summed E-state index contributed by atoms with van der Waals surface area (Å²) in [6.45, 7) is 3.21. The molecule has 4 heteroatoms. The highest BCUT2D eigenvalue weighted by atomic mass is 32.2. The third-order valence-electron chi connectivity index (χ3n) is 3.43. The average molecular weight is 267 g/mol. The van der Waals surface area contributed by atoms with E-state index in [2.05, 4.69) is 5.32 Å². The van der Waals surface area contributed by atoms with E-state index in [0.29, 0.717) is 18.8 Å². The lowest BCUT2D eigenvalue weighted by molar-refractivity contribution is 0.0319. The lowest BCUT2D eigenvalue weighted by atomic mass is 9.97. The molecule has 0 radical (unpaired) electrons. The quantitative estimate of drug-likeness (QED) is 0.781. The Morgan fingerprint density at radius 3 is 2.78 bits per heavy atom. The Hall–Kier alpha value is -0.710. The fourth-order valence-electron chi connectivity index (χ4n) is 2.21. The SMILES string of the molecule is Cc1ccc(O)c(CNCC2(O)CCSCC2)c1. The fraction of sp³-hybridized carbons (Fsp3) is 0.571. The molecular formula is C14H21NO2S. The zero-order chi connectivity index (χ0) is 13.0. The lowest BCUT2D eigenvalue weighted by Crippen LogP contribution is -2.43. The number of aromatic hydroxyl groups is 1. The second kappa shape index (κ2) is 5.95. The van der Waals surface area contributed by atoms with Gasteiger partial charge in [0.05, 0.1) is 5.60 Å². The molecule has 1 aromatic rings. The predicted molar refractivity (Wildman–Crippen MR) is 76.1 cm³/mol. The molecule has 0 aromatic heterocycles. The van der Waals surface area contributed by atoms with Gasteiger partial charge in [-0.05, 0) is 37.3 Å². The second-order valence-corrected chi connectivity index (χ2v) is 6.30. The Balaban J connectivity index is 1.86. The largest absolute Gasteiger partial charge is 0.508 e. The van der Waals surface area contributed by atoms with Crippen molar-refractivity contribution in [2.45, 2.75) is 31.9 Å². The van der Waals surface area contributed by atoms with Gasteiger partial charge in [-0.25, -0.2) is 0 Å². The maximum absolute atomic E-state index is 10.3. The first-order valence-corrected chi connectivity index (χ1v) is 7.54. The van der Waals surface area contributed by atoms with Crippen molar-refractivity contribution in [3.8, 4) is 5.75 Å². The van der Waals surface area contributed by atoms with E-state index in [9.17, 15) is 10.2 Å². The number of nitrogens with one attached hydrogen (secondary N) is 1. The minimum Gasteiger partial charge on any atom is -0.508 e. The van der Waals surface area contributed by atoms with Crippen molar-refractivity contribution >= 4 is 11.8 Å². The van der Waals surface area contributed by atoms with E-state index in [1.807, 2.05) is 30.8 Å². The average Bonchev–Trinajstić information content (AvgIpc) is 2.34. The van der Waals surface area contributed by atoms with Crippen molar-refractivity contribution < 1.29 is 10.2 Å². The molecule has 1 aromatic carbocycles. The van der Waals surface area contributed by atoms with E-state index in [1.54, 1.807) is 6.07 Å². The molecule has 0 atom stereocenters. The van der Waals surface area contributed by atoms with Gasteiger partial charge in [-0.15, -0.1) is 0 Å². The molecule has 100 valence electrons. The van der Waals surface area contributed by atoms with Gasteiger partial charge < -0.3 is 15.5 Å². The minimum atomic E-state index is -0.565. The summed E-state index contributed by atoms with van der Waals surface area (Å²) >= 11 is 1.90. The fourth-order valence-corrected chi connectivity index (χ4v) is 3.47. The van der Waals surface area contributed by atoms with Crippen LogP contribution in [0.3, 0.4) is 0 Å². The first-order valence-electron chi connectivity index (χ1n) is 6.38. The summed E-state index contributed by atoms with van der Waals surface area (Å²) in [7, 11) is 0. The molecule has 2 rings (SSSR count). The molecule has 0 saturated carbocycles. The van der Waals surface area contributed by atoms with Crippen LogP contribution in [-0.4, -0.2) is 33.9 Å². The van der Waals surface area contributed by atoms with Gasteiger partial charge in [0.15, 0.2) is 0 Å². The van der Waals surface area contributed by atoms with E-state index in [-0.39, 0.29) is 0 Å². The zero-order valence-electron chi connectivity index (χ0n) is 10.8. The molecule has 1 aliphatic rings. The number of hydrogen-bond donors (Lipinski definition) is 3. The van der Waals surface area contributed by atoms with E-state index >= 15 is 0 Å². The van der Waals surface area contributed by atoms with Crippen LogP contribution in [-0.2, 0) is 6.54 Å². The Morgan fingerprint density at radius 2 is 2.06 bits per heavy atom. The predicted octanol–water partition coefficient (Wildman–Crippen LogP) is 2.05. The van der Waals surface area contributed by atoms with Gasteiger partial charge in [-0.2, -0.15) is 11.8 Å². The standard InChI is InChI=1S/C14H21NO2S/c1-11-2-3-13(16)12(8-11)9-15-10-14(17)4-6-18-7-5-14/h2-3,8,15-17H,4-7,9-10H2,1H3. The number of aliphatic hydroxyl groups is 1. The van der Waals surface area contributed by atoms with Crippen molar-refractivity contribution in [3.05, 3.63) is 29.3 Å². The van der Waals surface area contributed by atoms with Crippen LogP contribution in [0.25, 0.3) is 0 Å². The highest BCUT2D eigenvalue weighted by Gasteiger charge is 2.28. The summed E-state index contributed by atoms with van der Waals surface area (Å²) in [5.41, 5.74) is 1.46. The summed E-state index contributed by atoms with van der Waals surface area (Å²) < 4.78 is 0. The number of benzene rings is 1. The van der Waals surface area contributed by atoms with Crippen LogP contribution in [0.5, 0.6) is 5.75 Å². The number of aryl methyl sites for hydroxylation is 1. The molecule has 3 N–H and O–H groups in total. The minimum absolute atomic E-state index is 0.319. The molecule has 1 heterocycles. The van der Waals surface area contributed by atoms with Gasteiger partial charge in [0.25, 0.3) is 0 Å². The van der Waals surface area contributed by atoms with Gasteiger partial charge >= 0.3 is 0 Å². The van der Waals surface area contributed by atoms with Gasteiger partial charge in [0.1, 0.15) is 5.75 Å². The lowest BCUT2D eigenvalue weighted by Gasteiger charge is -2.32. The summed E-state index contributed by atoms with van der Waals surface area (Å²) in [5, 5.41) is 23.3. The van der Waals surface area contributed by atoms with E-state index in [0.717, 1.165) is 35.5 Å². The molecular weight excluding hydrogens is 246 g/mol. The number of rotatable bonds is 4. The summed E-state index contributed by atoms with van der Waals surface area (Å²) in [6.07, 6.45) is 1.70. The first-order chi connectivity index (χ1) is 8.59. The molecule has 1 fully saturated rings. The third-order valence-corrected chi connectivity index (χ3v) is 4.41. The van der Waals surface area contributed by atoms with Crippen molar-refractivity contribution in [3.63, 3.8) is 0 Å². The van der Waals surface area contributed by atoms with Gasteiger partial charge in [0.2, 0.25) is 0 Å². The van der Waals surface area contributed by atoms with E-state index in [1.165, 1.54) is 0 Å². The van der Waals surface area contributed by atoms with E-state index in [4.69, 9.17) is 0 Å². The Kier molecular flexibility index (Phi) is 4.54. The smallest absolute Gasteiger partial charge is 0.120 e. The summed E-state index contributed by atoms with van der Waals surface area (Å²) in [4.78, 5) is 0. The maximum atomic E-state index is 10.3. The highest BCUT2D eigenvalue weighted by molar-refractivity contribution is 7.99. The maximum Gasteiger partial charge on any atom is 0.120 e. The van der Waals surface area contributed by atoms with Gasteiger partial charge in [-0.1, -0.05) is 17.7 Å². The van der Waals surface area contributed by atoms with Gasteiger partial charge in [0, 0.05) is 18.7 Å². The van der Waals surface area contributed by atoms with Crippen LogP contribution in [0.1, 0.15) is 24.0 Å². The summed E-state index contributed by atoms with van der Waals surface area (Å²) in [6, 6.07) is 5.59. The Bertz CT molecular complexity index is 403. The highest BCUT2D eigenvalue weighted by Crippen LogP contribution is 2.26. The number of phenols is 1. The molecule has 18 heavy (non-hydrogen) atoms. The molecule has 1 saturated heterocycles. The molecule has 0 amide bonds. The van der Waals surface area contributed by atoms with Crippen molar-refractivity contribution in [1.29, 1.82) is 0 Å². The molecule has 3 nitrogen and oxygen atoms in total. The van der Waals surface area contributed by atoms with E-state index < -0.39 is 5.60 Å². The first kappa shape index (κ1) is 13.7. The van der Waals surface area contributed by atoms with Gasteiger partial charge in [-0.3, -0.25) is 0 Å². The van der Waals surface area contributed by atoms with Crippen LogP contribution in [0.15, 0.2) is 18.2 Å². The number of thioether (sulfide) groups is 1. The molecule has 1 aliphatic heterocycles. The zero-order valence-corrected chi connectivity index (χ0v) is 11.6. The normalized spacial score (nSPS) is 18.8. The molecule has 0 spiro atoms. The molecule has 0 aliphatic carbocycles. The van der Waals surface area contributed by atoms with Crippen LogP contribution in [0, 0.1) is 6.92 Å². The van der Waals surface area contributed by atoms with Crippen LogP contribution < -0.4 is 5.32 Å². The Labute approximate surface area is 113 Å². The number of hydrogen-bond acceptors (Lipinski definition) is 4. The molecule has 0 bridgehead atoms. The van der Waals surface area contributed by atoms with Crippen LogP contribution in [0.2, 0.25) is 0 Å². The number of phenolic OH excluding ortho intramolecular Hbond substituents is 1. The van der Waals surface area contributed by atoms with Crippen molar-refractivity contribution in [1.82, 2.24) is 5.32 Å². The van der Waals surface area contributed by atoms with Crippen LogP contribution in [0.4, 0.5) is 0 Å². The third kappa shape index (κ3) is 3.64.